The number of hydrogen-bond donors (Lipinski definition) is 6. The Morgan fingerprint density at radius 1 is 0.306 bits per heavy atom. The number of nitrogens with zero attached hydrogens (tertiary/aromatic N) is 30. The number of fused-ring (bicyclic) bond motifs is 6. The molecule has 12 aromatic rings. The molecule has 6 fully saturated rings. The fraction of sp³-hybridized carbons (Fsp3) is 0.529. The van der Waals surface area contributed by atoms with Crippen molar-refractivity contribution in [2.24, 2.45) is 35.4 Å². The van der Waals surface area contributed by atoms with Crippen LogP contribution in [0.4, 0.5) is 34.9 Å². The largest absolute Gasteiger partial charge is 0.354 e. The molecule has 0 unspecified atom stereocenters. The Balaban J connectivity index is 0.000000183. The normalized spacial score (nSPS) is 29.2. The Labute approximate surface area is 903 Å². The number of H-pyrrole nitrogens is 6. The maximum atomic E-state index is 12.4. The second kappa shape index (κ2) is 47.7. The molecule has 6 saturated heterocycles. The van der Waals surface area contributed by atoms with Gasteiger partial charge in [-0.05, 0) is 152 Å². The van der Waals surface area contributed by atoms with E-state index in [1.165, 1.54) is 31.4 Å². The summed E-state index contributed by atoms with van der Waals surface area (Å²) in [6.07, 6.45) is -3.03. The van der Waals surface area contributed by atoms with Gasteiger partial charge in [0.05, 0.1) is 80.8 Å². The van der Waals surface area contributed by atoms with Crippen LogP contribution in [0.3, 0.4) is 0 Å². The monoisotopic (exact) mass is 2000 g/mol. The molecular formula is C102H132N36O6. The predicted octanol–water partition coefficient (Wildman–Crippen LogP) is 11.2. The zero-order chi connectivity index (χ0) is 142. The van der Waals surface area contributed by atoms with Gasteiger partial charge in [-0.3, -0.25) is 28.8 Å². The van der Waals surface area contributed by atoms with Crippen molar-refractivity contribution in [1.82, 2.24) is 119 Å². The highest BCUT2D eigenvalue weighted by Crippen LogP contribution is 2.38. The SMILES string of the molecule is [2H]c1nc(N(C([2H])([2H])[2H])[C@@]2([2H])CN(C(=O)C[N+]#[C-])CC[C@@]2([2H])C)c2c([2H])c(C)[nH]c2n1.[2H]c1nc(N(C([2H])([2H])[2H])[C@@]2([2H])CN(C(=O)C[N+]#[C-])CC[C@H]2C([2H])([2H])[2H])c2c([2H])c(C)[nH]c2n1.[2H]c1nc(N(C([2H])([2H])[2H])[C@@]2([2H])CN(C(=O)C[N+]#[C-])CC[C@H]2C)c2c([2H])c(C)[nH]c2n1.[2H]c1nc(N([C@H]2CN(C(=O)C[N+]#[C-])CC[C@@]2([2H])C([2H])([2H])[2H])C([2H])([2H])[2H])c2c([2H])c(C)[nH]c2n1.[2H]c1nc(N([C@H]2CN(C(=O)C[N+]#[C-])CC[C@@]2([2H])C)C([2H])([2H])[2H])c2c([2H])c(C)[nH]c2n1.[2H]c1nc(N([C@H]2CN(C(=O)C[N+]#[C-])CC[C@H]2C([2H])([2H])[2H])C([2H])([2H])[2H])c2c([2H])c(C)[nH]c2n1. The van der Waals surface area contributed by atoms with Gasteiger partial charge in [0.1, 0.15) is 115 Å². The average molecular weight is 2000 g/mol. The molecule has 756 valence electrons. The molecule has 6 aliphatic rings. The van der Waals surface area contributed by atoms with Crippen molar-refractivity contribution in [3.05, 3.63) is 177 Å². The van der Waals surface area contributed by atoms with Crippen molar-refractivity contribution < 1.29 is 90.5 Å². The number of likely N-dealkylation sites (N-methyl/N-ethyl adjacent to an activating group) is 6. The van der Waals surface area contributed by atoms with Crippen molar-refractivity contribution in [1.29, 1.82) is 0 Å². The molecule has 18 heterocycles. The molecule has 12 aromatic heterocycles. The number of rotatable bonds is 18. The first-order chi connectivity index (χ1) is 87.0. The number of aryl methyl sites for hydroxylation is 6. The van der Waals surface area contributed by atoms with Crippen LogP contribution in [0, 0.1) is 116 Å². The zero-order valence-corrected chi connectivity index (χ0v) is 79.8. The van der Waals surface area contributed by atoms with Crippen LogP contribution in [0.1, 0.15) is 176 Å². The Hall–Kier alpha value is -15.7. The number of piperidine rings is 6. The number of amides is 6. The van der Waals surface area contributed by atoms with Crippen LogP contribution in [0.2, 0.25) is 0 Å². The van der Waals surface area contributed by atoms with Gasteiger partial charge in [0, 0.05) is 196 Å². The molecule has 0 radical (unpaired) electrons. The van der Waals surface area contributed by atoms with Crippen molar-refractivity contribution in [3.63, 3.8) is 0 Å². The van der Waals surface area contributed by atoms with E-state index in [1.54, 1.807) is 55.4 Å². The second-order valence-electron chi connectivity index (χ2n) is 34.3. The molecule has 0 spiro atoms. The third-order valence-electron chi connectivity index (χ3n) is 24.5. The van der Waals surface area contributed by atoms with Gasteiger partial charge in [0.2, 0.25) is 0 Å². The fourth-order valence-corrected chi connectivity index (χ4v) is 16.7. The molecule has 18 rings (SSSR count). The highest BCUT2D eigenvalue weighted by Gasteiger charge is 2.41. The van der Waals surface area contributed by atoms with Gasteiger partial charge in [-0.15, -0.1) is 0 Å². The van der Waals surface area contributed by atoms with Gasteiger partial charge >= 0.3 is 35.4 Å². The van der Waals surface area contributed by atoms with Crippen LogP contribution in [0.25, 0.3) is 95.3 Å². The third kappa shape index (κ3) is 24.5. The van der Waals surface area contributed by atoms with E-state index in [-0.39, 0.29) is 229 Å². The fourth-order valence-electron chi connectivity index (χ4n) is 16.7. The Kier molecular flexibility index (Phi) is 20.1. The van der Waals surface area contributed by atoms with E-state index < -0.39 is 259 Å². The van der Waals surface area contributed by atoms with Crippen LogP contribution in [-0.2, 0) is 28.8 Å². The summed E-state index contributed by atoms with van der Waals surface area (Å²) in [6, 6.07) is -10.7. The topological polar surface area (TPSA) is 417 Å². The Morgan fingerprint density at radius 3 is 0.826 bits per heavy atom. The minimum atomic E-state index is -3.12. The van der Waals surface area contributed by atoms with Crippen LogP contribution in [0.5, 0.6) is 0 Å². The molecule has 0 aliphatic carbocycles. The van der Waals surface area contributed by atoms with E-state index in [4.69, 9.17) is 99.7 Å². The van der Waals surface area contributed by atoms with Crippen molar-refractivity contribution >= 4 is 137 Å². The third-order valence-corrected chi connectivity index (χ3v) is 24.5. The van der Waals surface area contributed by atoms with E-state index >= 15 is 0 Å². The number of nitrogens with one attached hydrogen (secondary N) is 6. The first-order valence-electron chi connectivity index (χ1n) is 67.4. The number of carbonyl (C=O) groups is 6. The average Bonchev–Trinajstić information content (AvgIpc) is 1.63. The van der Waals surface area contributed by atoms with Gasteiger partial charge in [0.25, 0.3) is 39.3 Å². The number of hydrogen-bond acceptors (Lipinski definition) is 24. The highest BCUT2D eigenvalue weighted by atomic mass is 16.2. The predicted molar refractivity (Wildman–Crippen MR) is 556 cm³/mol. The zero-order valence-electron chi connectivity index (χ0n) is 125. The highest BCUT2D eigenvalue weighted by molar-refractivity contribution is 5.94. The first-order valence-corrected chi connectivity index (χ1v) is 44.9. The van der Waals surface area contributed by atoms with Crippen molar-refractivity contribution in [2.75, 3.05) is 189 Å². The quantitative estimate of drug-likeness (QED) is 0.0435. The second-order valence-corrected chi connectivity index (χ2v) is 34.3. The number of aromatic amines is 6. The summed E-state index contributed by atoms with van der Waals surface area (Å²) < 4.78 is 370. The van der Waals surface area contributed by atoms with E-state index in [1.807, 2.05) is 0 Å². The van der Waals surface area contributed by atoms with E-state index in [9.17, 15) is 30.1 Å². The van der Waals surface area contributed by atoms with Crippen molar-refractivity contribution in [2.45, 2.75) is 158 Å². The van der Waals surface area contributed by atoms with Gasteiger partial charge < -0.3 is 118 Å². The lowest BCUT2D eigenvalue weighted by molar-refractivity contribution is -0.131. The number of aromatic nitrogens is 18. The molecule has 144 heavy (non-hydrogen) atoms. The number of carbonyl (C=O) groups excluding carboxylic acids is 6. The van der Waals surface area contributed by atoms with Crippen LogP contribution >= 0.6 is 0 Å². The maximum absolute atomic E-state index is 12.4. The maximum Gasteiger partial charge on any atom is 0.302 e. The lowest BCUT2D eigenvalue weighted by Gasteiger charge is -2.41. The van der Waals surface area contributed by atoms with E-state index in [0.29, 0.717) is 61.8 Å². The number of anilines is 6. The molecule has 42 heteroatoms. The van der Waals surface area contributed by atoms with Gasteiger partial charge in [-0.1, -0.05) is 41.3 Å². The minimum Gasteiger partial charge on any atom is -0.354 e. The molecular weight excluding hydrogens is 1830 g/mol. The van der Waals surface area contributed by atoms with E-state index in [0.717, 1.165) is 19.6 Å². The van der Waals surface area contributed by atoms with Crippen LogP contribution < -0.4 is 29.4 Å². The summed E-state index contributed by atoms with van der Waals surface area (Å²) >= 11 is 0. The molecule has 0 bridgehead atoms. The number of likely N-dealkylation sites (tertiary alicyclic amines) is 6. The molecule has 0 saturated carbocycles. The summed E-state index contributed by atoms with van der Waals surface area (Å²) in [5.74, 6) is -13.3. The van der Waals surface area contributed by atoms with E-state index in [2.05, 4.69) is 119 Å². The van der Waals surface area contributed by atoms with Crippen LogP contribution in [0.15, 0.2) is 74.1 Å². The Morgan fingerprint density at radius 2 is 0.535 bits per heavy atom. The molecule has 0 aromatic carbocycles. The smallest absolute Gasteiger partial charge is 0.302 e. The molecule has 12 atom stereocenters. The summed E-state index contributed by atoms with van der Waals surface area (Å²) in [6.45, 7) is 25.8. The summed E-state index contributed by atoms with van der Waals surface area (Å²) in [5.41, 5.74) is 2.84. The minimum absolute atomic E-state index is 0.000653. The summed E-state index contributed by atoms with van der Waals surface area (Å²) in [4.78, 5) is 169. The van der Waals surface area contributed by atoms with Gasteiger partial charge in [0.15, 0.2) is 0 Å². The molecule has 6 amide bonds. The van der Waals surface area contributed by atoms with Gasteiger partial charge in [-0.2, -0.15) is 0 Å². The standard InChI is InChI=1S/6C17H22N6O/c6*1-11-5-6-23(15(24)8-18-3)9-14(11)22(4)17-13-7-12(2)21-16(13)19-10-20-17/h6*7,10-11,14H,5-6,8-9H2,1-2,4H3,(H,19,20,21)/t6*11-,14+/m111111/s1/i4D3,7D,10D,11D,14D;1D3,4D3,7D,10D,14D;1D3,4D3,7D,10D,11D;4D3,7D,10D,14D;4D3,7D,10D,11D;1D3,4D3,7D,10D. The molecule has 42 nitrogen and oxygen atoms in total. The Bertz CT molecular complexity index is 9080. The summed E-state index contributed by atoms with van der Waals surface area (Å²) in [5, 5.41) is 0.251. The lowest BCUT2D eigenvalue weighted by Crippen LogP contribution is -2.53. The van der Waals surface area contributed by atoms with Crippen molar-refractivity contribution in [3.8, 4) is 0 Å². The molecule has 6 N–H and O–H groups in total. The first kappa shape index (κ1) is 60.5. The summed E-state index contributed by atoms with van der Waals surface area (Å²) in [7, 11) is 0. The van der Waals surface area contributed by atoms with Crippen LogP contribution in [-0.4, -0.2) is 350 Å². The lowest BCUT2D eigenvalue weighted by atomic mass is 9.92. The van der Waals surface area contributed by atoms with Gasteiger partial charge in [-0.25, -0.2) is 99.2 Å². The molecule has 6 aliphatic heterocycles.